The first-order valence-electron chi connectivity index (χ1n) is 5.66. The predicted molar refractivity (Wildman–Crippen MR) is 63.4 cm³/mol. The summed E-state index contributed by atoms with van der Waals surface area (Å²) in [6.45, 7) is 3.72. The molecule has 1 atom stereocenters. The average molecular weight is 250 g/mol. The molecule has 2 heterocycles. The molecule has 1 aliphatic rings. The number of ether oxygens (including phenoxy) is 1. The molecule has 0 saturated carbocycles. The Hall–Kier alpha value is -2.24. The van der Waals surface area contributed by atoms with E-state index in [0.717, 1.165) is 0 Å². The molecule has 0 spiro atoms. The number of furan rings is 1. The molecule has 2 amide bonds. The van der Waals surface area contributed by atoms with E-state index in [4.69, 9.17) is 9.15 Å². The summed E-state index contributed by atoms with van der Waals surface area (Å²) in [6, 6.07) is 2.55. The van der Waals surface area contributed by atoms with Crippen LogP contribution in [-0.2, 0) is 9.53 Å². The van der Waals surface area contributed by atoms with Gasteiger partial charge in [-0.15, -0.1) is 0 Å². The largest absolute Gasteiger partial charge is 0.463 e. The zero-order valence-corrected chi connectivity index (χ0v) is 10.1. The Morgan fingerprint density at radius 1 is 1.56 bits per heavy atom. The number of nitrogens with one attached hydrogen (secondary N) is 2. The van der Waals surface area contributed by atoms with Gasteiger partial charge >= 0.3 is 12.0 Å². The molecule has 96 valence electrons. The van der Waals surface area contributed by atoms with E-state index >= 15 is 0 Å². The van der Waals surface area contributed by atoms with Gasteiger partial charge in [-0.25, -0.2) is 9.59 Å². The molecular formula is C12H14N2O4. The predicted octanol–water partition coefficient (Wildman–Crippen LogP) is 1.26. The molecule has 0 radical (unpaired) electrons. The van der Waals surface area contributed by atoms with Crippen LogP contribution in [0.1, 0.15) is 19.6 Å². The molecule has 6 nitrogen and oxygen atoms in total. The lowest BCUT2D eigenvalue weighted by atomic mass is 10.0. The van der Waals surface area contributed by atoms with Crippen molar-refractivity contribution >= 4 is 17.7 Å². The van der Waals surface area contributed by atoms with Crippen molar-refractivity contribution in [2.45, 2.75) is 19.9 Å². The molecule has 2 N–H and O–H groups in total. The van der Waals surface area contributed by atoms with E-state index in [1.54, 1.807) is 26.0 Å². The fourth-order valence-corrected chi connectivity index (χ4v) is 1.81. The topological polar surface area (TPSA) is 80.6 Å². The highest BCUT2D eigenvalue weighted by Gasteiger charge is 2.31. The summed E-state index contributed by atoms with van der Waals surface area (Å²) >= 11 is 0. The average Bonchev–Trinajstić information content (AvgIpc) is 2.81. The lowest BCUT2D eigenvalue weighted by molar-refractivity contribution is -0.138. The van der Waals surface area contributed by atoms with E-state index in [9.17, 15) is 9.59 Å². The number of rotatable bonds is 3. The number of hydrogen-bond acceptors (Lipinski definition) is 4. The third kappa shape index (κ3) is 2.22. The van der Waals surface area contributed by atoms with E-state index in [1.165, 1.54) is 6.26 Å². The Balaban J connectivity index is 2.46. The zero-order chi connectivity index (χ0) is 13.1. The Labute approximate surface area is 104 Å². The maximum Gasteiger partial charge on any atom is 0.338 e. The van der Waals surface area contributed by atoms with Crippen LogP contribution in [0.4, 0.5) is 4.79 Å². The fourth-order valence-electron chi connectivity index (χ4n) is 1.81. The summed E-state index contributed by atoms with van der Waals surface area (Å²) in [6.07, 6.45) is 1.48. The lowest BCUT2D eigenvalue weighted by Gasteiger charge is -2.25. The molecule has 6 heteroatoms. The molecule has 0 aliphatic carbocycles. The van der Waals surface area contributed by atoms with Gasteiger partial charge in [-0.2, -0.15) is 0 Å². The van der Waals surface area contributed by atoms with Gasteiger partial charge in [0.2, 0.25) is 0 Å². The van der Waals surface area contributed by atoms with Crippen LogP contribution in [0.3, 0.4) is 0 Å². The van der Waals surface area contributed by atoms with Crippen molar-refractivity contribution in [3.8, 4) is 0 Å². The van der Waals surface area contributed by atoms with Crippen LogP contribution in [0.5, 0.6) is 0 Å². The summed E-state index contributed by atoms with van der Waals surface area (Å²) in [5.74, 6) is -0.0383. The summed E-state index contributed by atoms with van der Waals surface area (Å²) in [4.78, 5) is 23.4. The van der Waals surface area contributed by atoms with E-state index in [0.29, 0.717) is 17.0 Å². The monoisotopic (exact) mass is 250 g/mol. The highest BCUT2D eigenvalue weighted by molar-refractivity contribution is 6.03. The molecule has 0 bridgehead atoms. The Morgan fingerprint density at radius 2 is 2.33 bits per heavy atom. The van der Waals surface area contributed by atoms with Crippen molar-refractivity contribution < 1.29 is 18.7 Å². The maximum absolute atomic E-state index is 11.9. The minimum Gasteiger partial charge on any atom is -0.463 e. The van der Waals surface area contributed by atoms with Crippen molar-refractivity contribution in [2.24, 2.45) is 0 Å². The van der Waals surface area contributed by atoms with Gasteiger partial charge in [0.05, 0.1) is 30.2 Å². The van der Waals surface area contributed by atoms with Crippen LogP contribution in [0.25, 0.3) is 5.70 Å². The first-order chi connectivity index (χ1) is 8.63. The molecule has 1 aromatic rings. The molecule has 18 heavy (non-hydrogen) atoms. The lowest BCUT2D eigenvalue weighted by Crippen LogP contribution is -2.48. The van der Waals surface area contributed by atoms with Gasteiger partial charge in [0, 0.05) is 0 Å². The zero-order valence-electron chi connectivity index (χ0n) is 10.1. The second-order valence-electron chi connectivity index (χ2n) is 3.81. The summed E-state index contributed by atoms with van der Waals surface area (Å²) in [5, 5.41) is 5.18. The van der Waals surface area contributed by atoms with Crippen molar-refractivity contribution in [1.82, 2.24) is 10.6 Å². The summed E-state index contributed by atoms with van der Waals surface area (Å²) < 4.78 is 10.2. The number of carbonyl (C=O) groups excluding carboxylic acids is 2. The number of esters is 1. The van der Waals surface area contributed by atoms with Crippen molar-refractivity contribution in [1.29, 1.82) is 0 Å². The number of hydrogen-bond donors (Lipinski definition) is 2. The SMILES string of the molecule is CCOC(=O)C1=C(c2ccco2)NC(=O)NC1C. The third-order valence-electron chi connectivity index (χ3n) is 2.55. The Morgan fingerprint density at radius 3 is 2.94 bits per heavy atom. The fraction of sp³-hybridized carbons (Fsp3) is 0.333. The van der Waals surface area contributed by atoms with Gasteiger partial charge < -0.3 is 19.8 Å². The molecule has 0 fully saturated rings. The Bertz CT molecular complexity index is 490. The number of carbonyl (C=O) groups is 2. The van der Waals surface area contributed by atoms with Gasteiger partial charge in [0.15, 0.2) is 5.76 Å². The van der Waals surface area contributed by atoms with Crippen molar-refractivity contribution in [3.63, 3.8) is 0 Å². The summed E-state index contributed by atoms with van der Waals surface area (Å²) in [5.41, 5.74) is 0.709. The Kier molecular flexibility index (Phi) is 3.36. The standard InChI is InChI=1S/C12H14N2O4/c1-3-17-11(15)9-7(2)13-12(16)14-10(9)8-5-4-6-18-8/h4-7H,3H2,1-2H3,(H2,13,14,16). The van der Waals surface area contributed by atoms with Crippen LogP contribution in [0, 0.1) is 0 Å². The first kappa shape index (κ1) is 12.2. The van der Waals surface area contributed by atoms with E-state index in [1.807, 2.05) is 0 Å². The second-order valence-corrected chi connectivity index (χ2v) is 3.81. The summed E-state index contributed by atoms with van der Waals surface area (Å²) in [7, 11) is 0. The molecular weight excluding hydrogens is 236 g/mol. The minimum absolute atomic E-state index is 0.272. The maximum atomic E-state index is 11.9. The first-order valence-corrected chi connectivity index (χ1v) is 5.66. The number of urea groups is 1. The molecule has 0 saturated heterocycles. The van der Waals surface area contributed by atoms with Crippen LogP contribution in [0.15, 0.2) is 28.4 Å². The van der Waals surface area contributed by atoms with Crippen molar-refractivity contribution in [2.75, 3.05) is 6.61 Å². The van der Waals surface area contributed by atoms with Crippen LogP contribution in [-0.4, -0.2) is 24.6 Å². The smallest absolute Gasteiger partial charge is 0.338 e. The molecule has 0 aromatic carbocycles. The van der Waals surface area contributed by atoms with Gasteiger partial charge in [-0.1, -0.05) is 0 Å². The van der Waals surface area contributed by atoms with Crippen LogP contribution < -0.4 is 10.6 Å². The van der Waals surface area contributed by atoms with E-state index in [2.05, 4.69) is 10.6 Å². The van der Waals surface area contributed by atoms with Crippen molar-refractivity contribution in [3.05, 3.63) is 29.7 Å². The van der Waals surface area contributed by atoms with E-state index in [-0.39, 0.29) is 12.6 Å². The molecule has 2 rings (SSSR count). The minimum atomic E-state index is -0.469. The van der Waals surface area contributed by atoms with Gasteiger partial charge in [0.25, 0.3) is 0 Å². The highest BCUT2D eigenvalue weighted by atomic mass is 16.5. The van der Waals surface area contributed by atoms with E-state index < -0.39 is 12.0 Å². The molecule has 1 aromatic heterocycles. The second kappa shape index (κ2) is 4.95. The van der Waals surface area contributed by atoms with Gasteiger partial charge in [0.1, 0.15) is 0 Å². The molecule has 1 unspecified atom stereocenters. The highest BCUT2D eigenvalue weighted by Crippen LogP contribution is 2.23. The van der Waals surface area contributed by atoms with Crippen LogP contribution >= 0.6 is 0 Å². The third-order valence-corrected chi connectivity index (χ3v) is 2.55. The normalized spacial score (nSPS) is 19.2. The quantitative estimate of drug-likeness (QED) is 0.791. The van der Waals surface area contributed by atoms with Gasteiger partial charge in [-0.05, 0) is 26.0 Å². The molecule has 1 aliphatic heterocycles. The van der Waals surface area contributed by atoms with Gasteiger partial charge in [-0.3, -0.25) is 0 Å². The number of amides is 2. The van der Waals surface area contributed by atoms with Crippen LogP contribution in [0.2, 0.25) is 0 Å².